The Bertz CT molecular complexity index is 332. The second-order valence-corrected chi connectivity index (χ2v) is 6.15. The summed E-state index contributed by atoms with van der Waals surface area (Å²) in [5, 5.41) is 0. The summed E-state index contributed by atoms with van der Waals surface area (Å²) in [7, 11) is -1.30. The minimum atomic E-state index is -1.30. The average Bonchev–Trinajstić information content (AvgIpc) is 2.19. The number of anilines is 1. The highest BCUT2D eigenvalue weighted by molar-refractivity contribution is 6.44. The van der Waals surface area contributed by atoms with Gasteiger partial charge in [-0.05, 0) is 39.3 Å². The summed E-state index contributed by atoms with van der Waals surface area (Å²) in [6, 6.07) is 8.68. The Balaban J connectivity index is 2.68. The van der Waals surface area contributed by atoms with Crippen LogP contribution < -0.4 is 5.73 Å². The van der Waals surface area contributed by atoms with Crippen molar-refractivity contribution >= 4 is 15.0 Å². The van der Waals surface area contributed by atoms with E-state index >= 15 is 0 Å². The highest BCUT2D eigenvalue weighted by atomic mass is 28.3. The van der Waals surface area contributed by atoms with Crippen molar-refractivity contribution in [1.82, 2.24) is 0 Å². The lowest BCUT2D eigenvalue weighted by atomic mass is 10.2. The Morgan fingerprint density at radius 1 is 1.06 bits per heavy atom. The van der Waals surface area contributed by atoms with Crippen LogP contribution in [0.1, 0.15) is 33.3 Å². The first-order chi connectivity index (χ1) is 7.99. The number of rotatable bonds is 6. The van der Waals surface area contributed by atoms with Gasteiger partial charge in [-0.15, -0.1) is 0 Å². The molecule has 0 aliphatic heterocycles. The van der Waals surface area contributed by atoms with Gasteiger partial charge < -0.3 is 14.6 Å². The third kappa shape index (κ3) is 5.34. The maximum absolute atomic E-state index is 5.94. The third-order valence-corrected chi connectivity index (χ3v) is 4.26. The smallest absolute Gasteiger partial charge is 0.389 e. The second-order valence-electron chi connectivity index (χ2n) is 4.58. The molecular formula is C13H22NO2Si. The lowest BCUT2D eigenvalue weighted by molar-refractivity contribution is 0.129. The molecule has 0 saturated heterocycles. The van der Waals surface area contributed by atoms with Crippen molar-refractivity contribution in [3.8, 4) is 0 Å². The molecule has 3 nitrogen and oxygen atoms in total. The predicted octanol–water partition coefficient (Wildman–Crippen LogP) is 2.69. The molecule has 0 amide bonds. The quantitative estimate of drug-likeness (QED) is 0.625. The largest absolute Gasteiger partial charge is 0.399 e. The highest BCUT2D eigenvalue weighted by Gasteiger charge is 2.20. The molecule has 0 atom stereocenters. The van der Waals surface area contributed by atoms with Gasteiger partial charge in [0, 0.05) is 23.9 Å². The van der Waals surface area contributed by atoms with Crippen molar-refractivity contribution < 1.29 is 8.85 Å². The van der Waals surface area contributed by atoms with Crippen LogP contribution in [0.15, 0.2) is 24.3 Å². The van der Waals surface area contributed by atoms with Crippen molar-refractivity contribution in [2.45, 2.75) is 45.9 Å². The summed E-state index contributed by atoms with van der Waals surface area (Å²) in [4.78, 5) is 0. The molecule has 1 radical (unpaired) electrons. The summed E-state index contributed by atoms with van der Waals surface area (Å²) in [6.45, 7) is 8.12. The van der Waals surface area contributed by atoms with Gasteiger partial charge in [0.25, 0.3) is 0 Å². The monoisotopic (exact) mass is 252 g/mol. The van der Waals surface area contributed by atoms with E-state index in [9.17, 15) is 0 Å². The summed E-state index contributed by atoms with van der Waals surface area (Å²) in [5.74, 6) is 0. The molecule has 0 aliphatic carbocycles. The zero-order chi connectivity index (χ0) is 12.8. The van der Waals surface area contributed by atoms with Gasteiger partial charge in [0.1, 0.15) is 0 Å². The zero-order valence-electron chi connectivity index (χ0n) is 11.1. The highest BCUT2D eigenvalue weighted by Crippen LogP contribution is 2.14. The van der Waals surface area contributed by atoms with E-state index in [1.54, 1.807) is 0 Å². The van der Waals surface area contributed by atoms with Crippen molar-refractivity contribution in [1.29, 1.82) is 0 Å². The van der Waals surface area contributed by atoms with Gasteiger partial charge in [-0.1, -0.05) is 18.2 Å². The number of benzene rings is 1. The van der Waals surface area contributed by atoms with Crippen LogP contribution in [0.5, 0.6) is 0 Å². The van der Waals surface area contributed by atoms with Gasteiger partial charge in [-0.2, -0.15) is 0 Å². The molecule has 0 spiro atoms. The van der Waals surface area contributed by atoms with Crippen molar-refractivity contribution in [3.05, 3.63) is 29.8 Å². The van der Waals surface area contributed by atoms with E-state index in [-0.39, 0.29) is 12.2 Å². The van der Waals surface area contributed by atoms with Gasteiger partial charge in [0.15, 0.2) is 0 Å². The van der Waals surface area contributed by atoms with E-state index in [0.717, 1.165) is 17.3 Å². The summed E-state index contributed by atoms with van der Waals surface area (Å²) in [6.07, 6.45) is 0.375. The Hall–Kier alpha value is -0.843. The van der Waals surface area contributed by atoms with Crippen molar-refractivity contribution in [2.75, 3.05) is 5.73 Å². The van der Waals surface area contributed by atoms with Gasteiger partial charge >= 0.3 is 9.28 Å². The first kappa shape index (κ1) is 14.2. The fraction of sp³-hybridized carbons (Fsp3) is 0.538. The van der Waals surface area contributed by atoms with E-state index in [1.165, 1.54) is 0 Å². The first-order valence-corrected chi connectivity index (χ1v) is 7.54. The zero-order valence-corrected chi connectivity index (χ0v) is 12.1. The van der Waals surface area contributed by atoms with Crippen LogP contribution in [0.4, 0.5) is 5.69 Å². The lowest BCUT2D eigenvalue weighted by Crippen LogP contribution is -2.32. The molecule has 0 fully saturated rings. The summed E-state index contributed by atoms with van der Waals surface area (Å²) in [5.41, 5.74) is 7.86. The van der Waals surface area contributed by atoms with E-state index in [1.807, 2.05) is 52.0 Å². The topological polar surface area (TPSA) is 44.5 Å². The third-order valence-electron chi connectivity index (χ3n) is 2.12. The number of nitrogens with two attached hydrogens (primary N) is 1. The van der Waals surface area contributed by atoms with Crippen LogP contribution in [-0.2, 0) is 14.9 Å². The number of nitrogen functional groups attached to an aromatic ring is 1. The normalized spacial score (nSPS) is 11.7. The fourth-order valence-corrected chi connectivity index (χ4v) is 3.39. The van der Waals surface area contributed by atoms with Gasteiger partial charge in [0.05, 0.1) is 0 Å². The second kappa shape index (κ2) is 6.79. The van der Waals surface area contributed by atoms with Crippen LogP contribution in [0, 0.1) is 0 Å². The maximum atomic E-state index is 5.94. The molecule has 0 saturated carbocycles. The van der Waals surface area contributed by atoms with Gasteiger partial charge in [-0.25, -0.2) is 0 Å². The minimum Gasteiger partial charge on any atom is -0.399 e. The number of hydrogen-bond donors (Lipinski definition) is 1. The van der Waals surface area contributed by atoms with Crippen molar-refractivity contribution in [3.63, 3.8) is 0 Å². The van der Waals surface area contributed by atoms with Gasteiger partial charge in [0.2, 0.25) is 0 Å². The molecule has 95 valence electrons. The molecule has 2 N–H and O–H groups in total. The van der Waals surface area contributed by atoms with E-state index in [4.69, 9.17) is 14.6 Å². The molecule has 17 heavy (non-hydrogen) atoms. The first-order valence-electron chi connectivity index (χ1n) is 6.01. The molecule has 0 heterocycles. The van der Waals surface area contributed by atoms with Crippen LogP contribution in [0.25, 0.3) is 0 Å². The van der Waals surface area contributed by atoms with E-state index in [0.29, 0.717) is 0 Å². The molecule has 1 aromatic rings. The summed E-state index contributed by atoms with van der Waals surface area (Å²) < 4.78 is 11.7. The van der Waals surface area contributed by atoms with E-state index < -0.39 is 9.28 Å². The van der Waals surface area contributed by atoms with Crippen molar-refractivity contribution in [2.24, 2.45) is 0 Å². The molecule has 0 unspecified atom stereocenters. The molecule has 1 aromatic carbocycles. The maximum Gasteiger partial charge on any atom is 0.389 e. The molecule has 1 rings (SSSR count). The number of para-hydroxylation sites is 1. The average molecular weight is 252 g/mol. The molecule has 0 aliphatic rings. The molecule has 0 bridgehead atoms. The van der Waals surface area contributed by atoms with Crippen LogP contribution in [-0.4, -0.2) is 21.5 Å². The fourth-order valence-electron chi connectivity index (χ4n) is 1.49. The van der Waals surface area contributed by atoms with Gasteiger partial charge in [-0.3, -0.25) is 0 Å². The van der Waals surface area contributed by atoms with Crippen LogP contribution >= 0.6 is 0 Å². The lowest BCUT2D eigenvalue weighted by Gasteiger charge is -2.20. The number of hydrogen-bond acceptors (Lipinski definition) is 3. The SMILES string of the molecule is CC(C)O[Si](Cc1ccccc1N)OC(C)C. The summed E-state index contributed by atoms with van der Waals surface area (Å²) >= 11 is 0. The minimum absolute atomic E-state index is 0.188. The van der Waals surface area contributed by atoms with Crippen LogP contribution in [0.2, 0.25) is 0 Å². The van der Waals surface area contributed by atoms with Crippen LogP contribution in [0.3, 0.4) is 0 Å². The molecular weight excluding hydrogens is 230 g/mol. The Kier molecular flexibility index (Phi) is 5.68. The Labute approximate surface area is 106 Å². The predicted molar refractivity (Wildman–Crippen MR) is 72.8 cm³/mol. The standard InChI is InChI=1S/C13H22NO2Si/c1-10(2)15-17(16-11(3)4)9-12-7-5-6-8-13(12)14/h5-8,10-11H,9,14H2,1-4H3. The molecule has 4 heteroatoms. The van der Waals surface area contributed by atoms with E-state index in [2.05, 4.69) is 0 Å². The Morgan fingerprint density at radius 2 is 1.59 bits per heavy atom. The molecule has 0 aromatic heterocycles. The Morgan fingerprint density at radius 3 is 2.06 bits per heavy atom.